The maximum Gasteiger partial charge on any atom is 0.228 e. The van der Waals surface area contributed by atoms with E-state index in [1.807, 2.05) is 23.1 Å². The topological polar surface area (TPSA) is 81.4 Å². The molecule has 3 fully saturated rings. The van der Waals surface area contributed by atoms with Crippen molar-refractivity contribution in [3.8, 4) is 0 Å². The number of likely N-dealkylation sites (tertiary alicyclic amines) is 1. The molecule has 1 aliphatic carbocycles. The van der Waals surface area contributed by atoms with Gasteiger partial charge in [0.1, 0.15) is 0 Å². The van der Waals surface area contributed by atoms with E-state index in [0.717, 1.165) is 31.0 Å². The van der Waals surface area contributed by atoms with E-state index in [0.29, 0.717) is 50.3 Å². The molecule has 0 unspecified atom stereocenters. The van der Waals surface area contributed by atoms with Gasteiger partial charge in [-0.25, -0.2) is 0 Å². The Hall–Kier alpha value is -2.28. The smallest absolute Gasteiger partial charge is 0.228 e. The van der Waals surface area contributed by atoms with Crippen LogP contribution >= 0.6 is 0 Å². The maximum atomic E-state index is 12.7. The molecular weight excluding hydrogens is 332 g/mol. The molecule has 136 valence electrons. The van der Waals surface area contributed by atoms with Crippen molar-refractivity contribution in [2.75, 3.05) is 26.3 Å². The third kappa shape index (κ3) is 2.90. The van der Waals surface area contributed by atoms with Gasteiger partial charge in [0, 0.05) is 48.7 Å². The SMILES string of the molecule is O=C(Cc1ccccn1)N1C[C@H]2COC[C@@]2(Cc2nnc(C3CC3)o2)C1. The minimum absolute atomic E-state index is 0.104. The first-order chi connectivity index (χ1) is 12.7. The minimum Gasteiger partial charge on any atom is -0.425 e. The second-order valence-electron chi connectivity index (χ2n) is 7.83. The van der Waals surface area contributed by atoms with Crippen molar-refractivity contribution in [3.63, 3.8) is 0 Å². The first kappa shape index (κ1) is 15.9. The van der Waals surface area contributed by atoms with Crippen LogP contribution in [0.1, 0.15) is 36.2 Å². The number of aromatic nitrogens is 3. The maximum absolute atomic E-state index is 12.7. The molecule has 26 heavy (non-hydrogen) atoms. The molecule has 1 amide bonds. The molecule has 0 radical (unpaired) electrons. The molecule has 0 aromatic carbocycles. The van der Waals surface area contributed by atoms with Crippen molar-refractivity contribution >= 4 is 5.91 Å². The van der Waals surface area contributed by atoms with E-state index in [9.17, 15) is 4.79 Å². The Bertz CT molecular complexity index is 804. The van der Waals surface area contributed by atoms with Crippen LogP contribution in [0.5, 0.6) is 0 Å². The number of hydrogen-bond donors (Lipinski definition) is 0. The van der Waals surface area contributed by atoms with Crippen LogP contribution in [0.25, 0.3) is 0 Å². The van der Waals surface area contributed by atoms with Gasteiger partial charge in [0.2, 0.25) is 17.7 Å². The Morgan fingerprint density at radius 2 is 2.23 bits per heavy atom. The quantitative estimate of drug-likeness (QED) is 0.811. The van der Waals surface area contributed by atoms with Crippen LogP contribution in [0.15, 0.2) is 28.8 Å². The van der Waals surface area contributed by atoms with Crippen LogP contribution < -0.4 is 0 Å². The fourth-order valence-corrected chi connectivity index (χ4v) is 4.18. The second-order valence-corrected chi connectivity index (χ2v) is 7.83. The van der Waals surface area contributed by atoms with Gasteiger partial charge in [-0.05, 0) is 25.0 Å². The third-order valence-electron chi connectivity index (χ3n) is 5.84. The molecule has 7 heteroatoms. The Morgan fingerprint density at radius 3 is 3.04 bits per heavy atom. The molecule has 1 saturated carbocycles. The van der Waals surface area contributed by atoms with Gasteiger partial charge < -0.3 is 14.1 Å². The molecule has 0 spiro atoms. The summed E-state index contributed by atoms with van der Waals surface area (Å²) in [6, 6.07) is 5.67. The highest BCUT2D eigenvalue weighted by Crippen LogP contribution is 2.45. The van der Waals surface area contributed by atoms with Crippen molar-refractivity contribution in [1.29, 1.82) is 0 Å². The highest BCUT2D eigenvalue weighted by atomic mass is 16.5. The van der Waals surface area contributed by atoms with Crippen molar-refractivity contribution in [2.45, 2.75) is 31.6 Å². The van der Waals surface area contributed by atoms with E-state index in [-0.39, 0.29) is 11.3 Å². The van der Waals surface area contributed by atoms with E-state index in [1.54, 1.807) is 6.20 Å². The molecule has 2 aromatic rings. The summed E-state index contributed by atoms with van der Waals surface area (Å²) in [5.41, 5.74) is 0.707. The summed E-state index contributed by atoms with van der Waals surface area (Å²) >= 11 is 0. The zero-order valence-corrected chi connectivity index (χ0v) is 14.6. The van der Waals surface area contributed by atoms with E-state index in [2.05, 4.69) is 15.2 Å². The number of fused-ring (bicyclic) bond motifs is 1. The summed E-state index contributed by atoms with van der Waals surface area (Å²) in [7, 11) is 0. The molecule has 2 aromatic heterocycles. The lowest BCUT2D eigenvalue weighted by Crippen LogP contribution is -2.36. The predicted molar refractivity (Wildman–Crippen MR) is 91.2 cm³/mol. The first-order valence-corrected chi connectivity index (χ1v) is 9.30. The fourth-order valence-electron chi connectivity index (χ4n) is 4.18. The van der Waals surface area contributed by atoms with Crippen molar-refractivity contribution in [2.24, 2.45) is 11.3 Å². The van der Waals surface area contributed by atoms with Gasteiger partial charge in [0.15, 0.2) is 0 Å². The lowest BCUT2D eigenvalue weighted by atomic mass is 9.78. The molecule has 4 heterocycles. The molecule has 2 atom stereocenters. The van der Waals surface area contributed by atoms with Gasteiger partial charge in [-0.1, -0.05) is 6.07 Å². The van der Waals surface area contributed by atoms with Gasteiger partial charge in [0.25, 0.3) is 0 Å². The molecule has 0 bridgehead atoms. The van der Waals surface area contributed by atoms with Gasteiger partial charge in [0.05, 0.1) is 19.6 Å². The highest BCUT2D eigenvalue weighted by Gasteiger charge is 2.52. The van der Waals surface area contributed by atoms with Crippen LogP contribution in [-0.4, -0.2) is 52.3 Å². The summed E-state index contributed by atoms with van der Waals surface area (Å²) in [4.78, 5) is 19.0. The van der Waals surface area contributed by atoms with Crippen LogP contribution in [0.2, 0.25) is 0 Å². The van der Waals surface area contributed by atoms with Crippen LogP contribution in [0.3, 0.4) is 0 Å². The molecule has 7 nitrogen and oxygen atoms in total. The number of nitrogens with zero attached hydrogens (tertiary/aromatic N) is 4. The number of hydrogen-bond acceptors (Lipinski definition) is 6. The van der Waals surface area contributed by atoms with E-state index in [4.69, 9.17) is 9.15 Å². The van der Waals surface area contributed by atoms with Crippen molar-refractivity contribution in [3.05, 3.63) is 41.9 Å². The Labute approximate surface area is 151 Å². The lowest BCUT2D eigenvalue weighted by molar-refractivity contribution is -0.130. The fraction of sp³-hybridized carbons (Fsp3) is 0.579. The predicted octanol–water partition coefficient (Wildman–Crippen LogP) is 1.60. The van der Waals surface area contributed by atoms with E-state index in [1.165, 1.54) is 0 Å². The summed E-state index contributed by atoms with van der Waals surface area (Å²) in [6.07, 6.45) is 5.05. The Morgan fingerprint density at radius 1 is 1.31 bits per heavy atom. The first-order valence-electron chi connectivity index (χ1n) is 9.30. The number of carbonyl (C=O) groups is 1. The van der Waals surface area contributed by atoms with Gasteiger partial charge in [-0.15, -0.1) is 10.2 Å². The average molecular weight is 354 g/mol. The number of carbonyl (C=O) groups excluding carboxylic acids is 1. The van der Waals surface area contributed by atoms with Gasteiger partial charge in [-0.2, -0.15) is 0 Å². The molecule has 0 N–H and O–H groups in total. The Balaban J connectivity index is 1.29. The minimum atomic E-state index is -0.104. The Kier molecular flexibility index (Phi) is 3.77. The molecule has 2 saturated heterocycles. The van der Waals surface area contributed by atoms with Crippen molar-refractivity contribution < 1.29 is 13.9 Å². The van der Waals surface area contributed by atoms with Gasteiger partial charge in [-0.3, -0.25) is 9.78 Å². The zero-order valence-electron chi connectivity index (χ0n) is 14.6. The van der Waals surface area contributed by atoms with Crippen LogP contribution in [0.4, 0.5) is 0 Å². The van der Waals surface area contributed by atoms with Crippen LogP contribution in [-0.2, 0) is 22.4 Å². The summed E-state index contributed by atoms with van der Waals surface area (Å²) < 4.78 is 11.6. The van der Waals surface area contributed by atoms with Crippen molar-refractivity contribution in [1.82, 2.24) is 20.1 Å². The molecular formula is C19H22N4O3. The molecule has 3 aliphatic rings. The van der Waals surface area contributed by atoms with E-state index < -0.39 is 0 Å². The number of pyridine rings is 1. The summed E-state index contributed by atoms with van der Waals surface area (Å²) in [5, 5.41) is 8.44. The van der Waals surface area contributed by atoms with Gasteiger partial charge >= 0.3 is 0 Å². The molecule has 2 aliphatic heterocycles. The zero-order chi connectivity index (χ0) is 17.6. The largest absolute Gasteiger partial charge is 0.425 e. The molecule has 5 rings (SSSR count). The summed E-state index contributed by atoms with van der Waals surface area (Å²) in [5.74, 6) is 2.37. The summed E-state index contributed by atoms with van der Waals surface area (Å²) in [6.45, 7) is 2.75. The lowest BCUT2D eigenvalue weighted by Gasteiger charge is -2.25. The number of ether oxygens (including phenoxy) is 1. The monoisotopic (exact) mass is 354 g/mol. The van der Waals surface area contributed by atoms with Crippen LogP contribution in [0, 0.1) is 11.3 Å². The average Bonchev–Trinajstić information content (AvgIpc) is 3.11. The standard InChI is InChI=1S/C19H22N4O3/c24-17(7-15-3-1-2-6-20-15)23-9-14-10-25-12-19(14,11-23)8-16-21-22-18(26-16)13-4-5-13/h1-3,6,13-14H,4-5,7-12H2/t14-,19+/m0/s1. The third-order valence-corrected chi connectivity index (χ3v) is 5.84. The normalized spacial score (nSPS) is 27.7. The number of amides is 1. The second kappa shape index (κ2) is 6.16. The highest BCUT2D eigenvalue weighted by molar-refractivity contribution is 5.78. The number of rotatable bonds is 5. The van der Waals surface area contributed by atoms with E-state index >= 15 is 0 Å².